The number of likely N-dealkylation sites (tertiary alicyclic amines) is 1. The molecule has 20 heavy (non-hydrogen) atoms. The Morgan fingerprint density at radius 1 is 1.40 bits per heavy atom. The van der Waals surface area contributed by atoms with Gasteiger partial charge in [0.15, 0.2) is 0 Å². The molecule has 0 radical (unpaired) electrons. The number of rotatable bonds is 4. The standard InChI is InChI=1S/C14H20N4S.ClH/c15-7-11-1-4-18(5-2-11)9-13-8-16-17-14(13)12-3-6-19-10-12;/h3,6,8,10-11H,1-2,4-5,7,9,15H2,(H,16,17);1H. The molecule has 110 valence electrons. The van der Waals surface area contributed by atoms with Crippen molar-refractivity contribution in [1.82, 2.24) is 15.1 Å². The molecule has 1 aliphatic rings. The van der Waals surface area contributed by atoms with Gasteiger partial charge in [-0.1, -0.05) is 0 Å². The van der Waals surface area contributed by atoms with Crippen LogP contribution in [0.15, 0.2) is 23.0 Å². The smallest absolute Gasteiger partial charge is 0.0703 e. The third-order valence-electron chi connectivity index (χ3n) is 3.96. The molecular formula is C14H21ClN4S. The molecule has 1 saturated heterocycles. The zero-order chi connectivity index (χ0) is 13.1. The van der Waals surface area contributed by atoms with Crippen LogP contribution in [0.3, 0.4) is 0 Å². The summed E-state index contributed by atoms with van der Waals surface area (Å²) in [6.07, 6.45) is 4.41. The maximum Gasteiger partial charge on any atom is 0.0703 e. The summed E-state index contributed by atoms with van der Waals surface area (Å²) >= 11 is 1.72. The van der Waals surface area contributed by atoms with Gasteiger partial charge in [-0.25, -0.2) is 0 Å². The van der Waals surface area contributed by atoms with Crippen LogP contribution in [0.4, 0.5) is 0 Å². The Labute approximate surface area is 129 Å². The molecule has 3 rings (SSSR count). The fraction of sp³-hybridized carbons (Fsp3) is 0.500. The number of nitrogens with two attached hydrogens (primary N) is 1. The van der Waals surface area contributed by atoms with Crippen molar-refractivity contribution in [3.05, 3.63) is 28.6 Å². The molecule has 0 aromatic carbocycles. The Kier molecular flexibility index (Phi) is 5.60. The second kappa shape index (κ2) is 7.22. The van der Waals surface area contributed by atoms with Crippen LogP contribution in [0, 0.1) is 5.92 Å². The van der Waals surface area contributed by atoms with Gasteiger partial charge in [-0.3, -0.25) is 10.00 Å². The maximum absolute atomic E-state index is 5.74. The van der Waals surface area contributed by atoms with E-state index in [1.807, 2.05) is 6.20 Å². The van der Waals surface area contributed by atoms with Gasteiger partial charge in [-0.05, 0) is 49.8 Å². The van der Waals surface area contributed by atoms with E-state index in [1.165, 1.54) is 29.7 Å². The van der Waals surface area contributed by atoms with Gasteiger partial charge in [0, 0.05) is 23.1 Å². The third-order valence-corrected chi connectivity index (χ3v) is 4.65. The van der Waals surface area contributed by atoms with Crippen molar-refractivity contribution in [2.24, 2.45) is 11.7 Å². The molecule has 0 amide bonds. The molecule has 3 N–H and O–H groups in total. The molecule has 0 spiro atoms. The fourth-order valence-corrected chi connectivity index (χ4v) is 3.36. The normalized spacial score (nSPS) is 17.1. The molecule has 4 nitrogen and oxygen atoms in total. The Morgan fingerprint density at radius 3 is 2.85 bits per heavy atom. The highest BCUT2D eigenvalue weighted by Crippen LogP contribution is 2.25. The molecular weight excluding hydrogens is 292 g/mol. The first-order chi connectivity index (χ1) is 9.36. The lowest BCUT2D eigenvalue weighted by Gasteiger charge is -2.31. The molecule has 2 aromatic rings. The highest BCUT2D eigenvalue weighted by Gasteiger charge is 2.19. The number of H-pyrrole nitrogens is 1. The zero-order valence-corrected chi connectivity index (χ0v) is 13.1. The minimum Gasteiger partial charge on any atom is -0.330 e. The fourth-order valence-electron chi connectivity index (χ4n) is 2.71. The first kappa shape index (κ1) is 15.5. The van der Waals surface area contributed by atoms with E-state index in [0.29, 0.717) is 0 Å². The summed E-state index contributed by atoms with van der Waals surface area (Å²) in [6, 6.07) is 2.14. The quantitative estimate of drug-likeness (QED) is 0.912. The molecule has 1 fully saturated rings. The van der Waals surface area contributed by atoms with Gasteiger partial charge in [-0.15, -0.1) is 12.4 Å². The van der Waals surface area contributed by atoms with Crippen molar-refractivity contribution in [3.8, 4) is 11.3 Å². The number of nitrogens with zero attached hydrogens (tertiary/aromatic N) is 2. The summed E-state index contributed by atoms with van der Waals surface area (Å²) in [7, 11) is 0. The van der Waals surface area contributed by atoms with Gasteiger partial charge < -0.3 is 5.73 Å². The Bertz CT molecular complexity index is 503. The van der Waals surface area contributed by atoms with Crippen LogP contribution in [0.1, 0.15) is 18.4 Å². The predicted molar refractivity (Wildman–Crippen MR) is 86.2 cm³/mol. The van der Waals surface area contributed by atoms with Gasteiger partial charge in [0.1, 0.15) is 0 Å². The molecule has 6 heteroatoms. The average molecular weight is 313 g/mol. The van der Waals surface area contributed by atoms with E-state index in [2.05, 4.69) is 31.9 Å². The number of thiophene rings is 1. The van der Waals surface area contributed by atoms with Crippen molar-refractivity contribution < 1.29 is 0 Å². The molecule has 0 saturated carbocycles. The van der Waals surface area contributed by atoms with Crippen molar-refractivity contribution in [3.63, 3.8) is 0 Å². The number of aromatic amines is 1. The van der Waals surface area contributed by atoms with E-state index in [9.17, 15) is 0 Å². The summed E-state index contributed by atoms with van der Waals surface area (Å²) < 4.78 is 0. The Balaban J connectivity index is 0.00000147. The molecule has 0 atom stereocenters. The molecule has 0 unspecified atom stereocenters. The lowest BCUT2D eigenvalue weighted by Crippen LogP contribution is -2.35. The van der Waals surface area contributed by atoms with E-state index in [-0.39, 0.29) is 12.4 Å². The molecule has 0 aliphatic carbocycles. The minimum atomic E-state index is 0. The second-order valence-corrected chi connectivity index (χ2v) is 6.02. The largest absolute Gasteiger partial charge is 0.330 e. The van der Waals surface area contributed by atoms with E-state index in [0.717, 1.165) is 32.1 Å². The molecule has 3 heterocycles. The Hall–Kier alpha value is -0.880. The first-order valence-electron chi connectivity index (χ1n) is 6.84. The SMILES string of the molecule is Cl.NCC1CCN(Cc2cn[nH]c2-c2ccsc2)CC1. The van der Waals surface area contributed by atoms with Gasteiger partial charge in [0.2, 0.25) is 0 Å². The number of piperidine rings is 1. The van der Waals surface area contributed by atoms with Crippen molar-refractivity contribution >= 4 is 23.7 Å². The predicted octanol–water partition coefficient (Wildman–Crippen LogP) is 2.73. The summed E-state index contributed by atoms with van der Waals surface area (Å²) in [4.78, 5) is 2.51. The summed E-state index contributed by atoms with van der Waals surface area (Å²) in [5, 5.41) is 11.6. The molecule has 1 aliphatic heterocycles. The molecule has 2 aromatic heterocycles. The van der Waals surface area contributed by atoms with Gasteiger partial charge in [-0.2, -0.15) is 16.4 Å². The van der Waals surface area contributed by atoms with Gasteiger partial charge in [0.05, 0.1) is 11.9 Å². The Morgan fingerprint density at radius 2 is 2.20 bits per heavy atom. The second-order valence-electron chi connectivity index (χ2n) is 5.24. The van der Waals surface area contributed by atoms with Crippen LogP contribution in [-0.2, 0) is 6.54 Å². The number of aromatic nitrogens is 2. The molecule has 0 bridgehead atoms. The topological polar surface area (TPSA) is 57.9 Å². The van der Waals surface area contributed by atoms with Crippen molar-refractivity contribution in [2.45, 2.75) is 19.4 Å². The van der Waals surface area contributed by atoms with Crippen LogP contribution >= 0.6 is 23.7 Å². The van der Waals surface area contributed by atoms with Crippen LogP contribution in [-0.4, -0.2) is 34.7 Å². The number of hydrogen-bond acceptors (Lipinski definition) is 4. The van der Waals surface area contributed by atoms with Gasteiger partial charge in [0.25, 0.3) is 0 Å². The van der Waals surface area contributed by atoms with Crippen LogP contribution in [0.2, 0.25) is 0 Å². The van der Waals surface area contributed by atoms with Crippen LogP contribution in [0.25, 0.3) is 11.3 Å². The van der Waals surface area contributed by atoms with Crippen LogP contribution < -0.4 is 5.73 Å². The zero-order valence-electron chi connectivity index (χ0n) is 11.4. The average Bonchev–Trinajstić information content (AvgIpc) is 3.10. The van der Waals surface area contributed by atoms with E-state index in [1.54, 1.807) is 11.3 Å². The lowest BCUT2D eigenvalue weighted by molar-refractivity contribution is 0.180. The van der Waals surface area contributed by atoms with Crippen molar-refractivity contribution in [1.29, 1.82) is 0 Å². The summed E-state index contributed by atoms with van der Waals surface area (Å²) in [6.45, 7) is 4.12. The lowest BCUT2D eigenvalue weighted by atomic mass is 9.97. The third kappa shape index (κ3) is 3.41. The minimum absolute atomic E-state index is 0. The van der Waals surface area contributed by atoms with Gasteiger partial charge >= 0.3 is 0 Å². The van der Waals surface area contributed by atoms with Crippen LogP contribution in [0.5, 0.6) is 0 Å². The summed E-state index contributed by atoms with van der Waals surface area (Å²) in [5.41, 5.74) is 9.45. The van der Waals surface area contributed by atoms with E-state index in [4.69, 9.17) is 5.73 Å². The first-order valence-corrected chi connectivity index (χ1v) is 7.78. The van der Waals surface area contributed by atoms with E-state index < -0.39 is 0 Å². The maximum atomic E-state index is 5.74. The number of halogens is 1. The van der Waals surface area contributed by atoms with Crippen molar-refractivity contribution in [2.75, 3.05) is 19.6 Å². The monoisotopic (exact) mass is 312 g/mol. The highest BCUT2D eigenvalue weighted by atomic mass is 35.5. The number of hydrogen-bond donors (Lipinski definition) is 2. The summed E-state index contributed by atoms with van der Waals surface area (Å²) in [5.74, 6) is 0.719. The van der Waals surface area contributed by atoms with E-state index >= 15 is 0 Å². The highest BCUT2D eigenvalue weighted by molar-refractivity contribution is 7.08. The number of nitrogens with one attached hydrogen (secondary N) is 1.